The zero-order valence-electron chi connectivity index (χ0n) is 16.0. The van der Waals surface area contributed by atoms with Crippen LogP contribution >= 0.6 is 27.7 Å². The molecule has 150 valence electrons. The van der Waals surface area contributed by atoms with Crippen molar-refractivity contribution < 1.29 is 18.7 Å². The highest BCUT2D eigenvalue weighted by Gasteiger charge is 2.23. The number of rotatable bonds is 8. The summed E-state index contributed by atoms with van der Waals surface area (Å²) in [5, 5.41) is 2.17. The molecule has 1 amide bonds. The van der Waals surface area contributed by atoms with Gasteiger partial charge in [0, 0.05) is 14.9 Å². The highest BCUT2D eigenvalue weighted by Crippen LogP contribution is 2.36. The van der Waals surface area contributed by atoms with Crippen molar-refractivity contribution in [3.63, 3.8) is 0 Å². The normalized spacial score (nSPS) is 12.9. The van der Waals surface area contributed by atoms with Gasteiger partial charge in [-0.1, -0.05) is 32.0 Å². The summed E-state index contributed by atoms with van der Waals surface area (Å²) < 4.78 is 20.3. The number of benzene rings is 2. The Hall–Kier alpha value is -1.86. The SMILES string of the molecule is CCC(C)OC(=O)C(CC)Sc1cc(NC(=O)c2ccccc2)c(F)cc1Br. The van der Waals surface area contributed by atoms with Crippen LogP contribution < -0.4 is 5.32 Å². The first kappa shape index (κ1) is 22.4. The van der Waals surface area contributed by atoms with Gasteiger partial charge in [-0.25, -0.2) is 4.39 Å². The second kappa shape index (κ2) is 10.6. The van der Waals surface area contributed by atoms with Gasteiger partial charge in [0.15, 0.2) is 0 Å². The van der Waals surface area contributed by atoms with E-state index in [1.165, 1.54) is 23.9 Å². The van der Waals surface area contributed by atoms with Crippen molar-refractivity contribution >= 4 is 45.3 Å². The second-order valence-corrected chi connectivity index (χ2v) is 8.35. The molecule has 0 aliphatic heterocycles. The lowest BCUT2D eigenvalue weighted by Crippen LogP contribution is -2.24. The number of hydrogen-bond donors (Lipinski definition) is 1. The molecule has 2 aromatic carbocycles. The number of ether oxygens (including phenoxy) is 1. The van der Waals surface area contributed by atoms with Crippen LogP contribution in [0.2, 0.25) is 0 Å². The van der Waals surface area contributed by atoms with Gasteiger partial charge in [0.05, 0.1) is 11.8 Å². The first-order valence-corrected chi connectivity index (χ1v) is 10.8. The molecule has 0 fully saturated rings. The largest absolute Gasteiger partial charge is 0.462 e. The molecule has 0 aromatic heterocycles. The van der Waals surface area contributed by atoms with E-state index in [4.69, 9.17) is 4.74 Å². The number of hydrogen-bond acceptors (Lipinski definition) is 4. The zero-order chi connectivity index (χ0) is 20.7. The lowest BCUT2D eigenvalue weighted by atomic mass is 10.2. The number of thioether (sulfide) groups is 1. The summed E-state index contributed by atoms with van der Waals surface area (Å²) in [6.07, 6.45) is 1.15. The van der Waals surface area contributed by atoms with Gasteiger partial charge in [0.2, 0.25) is 0 Å². The van der Waals surface area contributed by atoms with Crippen LogP contribution in [0.15, 0.2) is 51.8 Å². The predicted molar refractivity (Wildman–Crippen MR) is 114 cm³/mol. The van der Waals surface area contributed by atoms with Crippen molar-refractivity contribution in [3.8, 4) is 0 Å². The highest BCUT2D eigenvalue weighted by atomic mass is 79.9. The first-order valence-electron chi connectivity index (χ1n) is 9.08. The Bertz CT molecular complexity index is 832. The lowest BCUT2D eigenvalue weighted by molar-refractivity contribution is -0.147. The molecule has 2 unspecified atom stereocenters. The summed E-state index contributed by atoms with van der Waals surface area (Å²) in [5.41, 5.74) is 0.493. The number of esters is 1. The van der Waals surface area contributed by atoms with E-state index in [1.807, 2.05) is 20.8 Å². The number of carbonyl (C=O) groups is 2. The summed E-state index contributed by atoms with van der Waals surface area (Å²) in [7, 11) is 0. The fraction of sp³-hybridized carbons (Fsp3) is 0.333. The van der Waals surface area contributed by atoms with Crippen LogP contribution in [0.3, 0.4) is 0 Å². The summed E-state index contributed by atoms with van der Waals surface area (Å²) in [6.45, 7) is 5.69. The number of anilines is 1. The Labute approximate surface area is 177 Å². The minimum Gasteiger partial charge on any atom is -0.462 e. The van der Waals surface area contributed by atoms with E-state index in [2.05, 4.69) is 21.2 Å². The smallest absolute Gasteiger partial charge is 0.319 e. The number of amides is 1. The van der Waals surface area contributed by atoms with E-state index in [-0.39, 0.29) is 17.8 Å². The number of halogens is 2. The van der Waals surface area contributed by atoms with Crippen molar-refractivity contribution in [2.75, 3.05) is 5.32 Å². The minimum atomic E-state index is -0.560. The Balaban J connectivity index is 2.19. The molecule has 1 N–H and O–H groups in total. The summed E-state index contributed by atoms with van der Waals surface area (Å²) >= 11 is 4.62. The molecule has 0 spiro atoms. The Morgan fingerprint density at radius 3 is 2.46 bits per heavy atom. The second-order valence-electron chi connectivity index (χ2n) is 6.25. The van der Waals surface area contributed by atoms with Crippen molar-refractivity contribution in [3.05, 3.63) is 58.3 Å². The molecule has 0 aliphatic rings. The van der Waals surface area contributed by atoms with Crippen molar-refractivity contribution in [2.45, 2.75) is 49.9 Å². The van der Waals surface area contributed by atoms with E-state index in [0.29, 0.717) is 21.4 Å². The van der Waals surface area contributed by atoms with Gasteiger partial charge in [0.1, 0.15) is 11.1 Å². The Kier molecular flexibility index (Phi) is 8.51. The molecule has 7 heteroatoms. The summed E-state index contributed by atoms with van der Waals surface area (Å²) in [4.78, 5) is 25.4. The number of nitrogens with one attached hydrogen (secondary N) is 1. The molecule has 4 nitrogen and oxygen atoms in total. The number of carbonyl (C=O) groups excluding carboxylic acids is 2. The van der Waals surface area contributed by atoms with E-state index in [0.717, 1.165) is 6.42 Å². The standard InChI is InChI=1S/C21H23BrFNO3S/c1-4-13(3)27-21(26)18(5-2)28-19-12-17(16(23)11-15(19)22)24-20(25)14-9-7-6-8-10-14/h6-13,18H,4-5H2,1-3H3,(H,24,25). The summed E-state index contributed by atoms with van der Waals surface area (Å²) in [6, 6.07) is 11.4. The minimum absolute atomic E-state index is 0.0599. The molecule has 2 rings (SSSR count). The maximum absolute atomic E-state index is 14.4. The third kappa shape index (κ3) is 6.07. The third-order valence-corrected chi connectivity index (χ3v) is 6.42. The van der Waals surface area contributed by atoms with Crippen LogP contribution in [0.5, 0.6) is 0 Å². The van der Waals surface area contributed by atoms with Crippen LogP contribution in [0.1, 0.15) is 44.0 Å². The van der Waals surface area contributed by atoms with Gasteiger partial charge in [-0.2, -0.15) is 0 Å². The van der Waals surface area contributed by atoms with Crippen molar-refractivity contribution in [1.82, 2.24) is 0 Å². The molecule has 0 bridgehead atoms. The highest BCUT2D eigenvalue weighted by molar-refractivity contribution is 9.10. The van der Waals surface area contributed by atoms with Crippen molar-refractivity contribution in [1.29, 1.82) is 0 Å². The molecule has 2 atom stereocenters. The van der Waals surface area contributed by atoms with Crippen LogP contribution in [0.4, 0.5) is 10.1 Å². The molecule has 0 radical (unpaired) electrons. The van der Waals surface area contributed by atoms with Crippen LogP contribution in [0, 0.1) is 5.82 Å². The fourth-order valence-electron chi connectivity index (χ4n) is 2.31. The molecule has 2 aromatic rings. The van der Waals surface area contributed by atoms with Crippen LogP contribution in [-0.4, -0.2) is 23.2 Å². The van der Waals surface area contributed by atoms with E-state index in [1.54, 1.807) is 30.3 Å². The lowest BCUT2D eigenvalue weighted by Gasteiger charge is -2.18. The quantitative estimate of drug-likeness (QED) is 0.379. The van der Waals surface area contributed by atoms with Gasteiger partial charge < -0.3 is 10.1 Å². The van der Waals surface area contributed by atoms with Gasteiger partial charge in [0.25, 0.3) is 5.91 Å². The molecular formula is C21H23BrFNO3S. The third-order valence-electron chi connectivity index (χ3n) is 4.10. The zero-order valence-corrected chi connectivity index (χ0v) is 18.4. The molecule has 0 heterocycles. The van der Waals surface area contributed by atoms with E-state index >= 15 is 0 Å². The van der Waals surface area contributed by atoms with Gasteiger partial charge in [-0.3, -0.25) is 9.59 Å². The Morgan fingerprint density at radius 2 is 1.86 bits per heavy atom. The van der Waals surface area contributed by atoms with Gasteiger partial charge in [-0.05, 0) is 60.0 Å². The maximum atomic E-state index is 14.4. The van der Waals surface area contributed by atoms with E-state index < -0.39 is 17.0 Å². The monoisotopic (exact) mass is 467 g/mol. The maximum Gasteiger partial charge on any atom is 0.319 e. The molecule has 0 saturated heterocycles. The fourth-order valence-corrected chi connectivity index (χ4v) is 3.89. The average Bonchev–Trinajstić information content (AvgIpc) is 2.69. The van der Waals surface area contributed by atoms with Crippen molar-refractivity contribution in [2.24, 2.45) is 0 Å². The Morgan fingerprint density at radius 1 is 1.18 bits per heavy atom. The van der Waals surface area contributed by atoms with Gasteiger partial charge in [-0.15, -0.1) is 11.8 Å². The van der Waals surface area contributed by atoms with E-state index in [9.17, 15) is 14.0 Å². The molecule has 28 heavy (non-hydrogen) atoms. The first-order chi connectivity index (χ1) is 13.3. The van der Waals surface area contributed by atoms with Gasteiger partial charge >= 0.3 is 5.97 Å². The predicted octanol–water partition coefficient (Wildman–Crippen LogP) is 6.05. The topological polar surface area (TPSA) is 55.4 Å². The summed E-state index contributed by atoms with van der Waals surface area (Å²) in [5.74, 6) is -1.26. The van der Waals surface area contributed by atoms with Crippen LogP contribution in [0.25, 0.3) is 0 Å². The van der Waals surface area contributed by atoms with Crippen LogP contribution in [-0.2, 0) is 9.53 Å². The average molecular weight is 468 g/mol. The molecule has 0 saturated carbocycles. The molecular weight excluding hydrogens is 445 g/mol. The molecule has 0 aliphatic carbocycles.